The van der Waals surface area contributed by atoms with Gasteiger partial charge in [-0.25, -0.2) is 14.4 Å². The number of rotatable bonds is 5. The van der Waals surface area contributed by atoms with Crippen LogP contribution < -0.4 is 4.90 Å². The fourth-order valence-electron chi connectivity index (χ4n) is 4.40. The van der Waals surface area contributed by atoms with E-state index in [-0.39, 0.29) is 23.5 Å². The molecule has 0 bridgehead atoms. The zero-order valence-corrected chi connectivity index (χ0v) is 19.0. The average molecular weight is 440 g/mol. The van der Waals surface area contributed by atoms with Crippen molar-refractivity contribution in [1.29, 1.82) is 0 Å². The Labute approximate surface area is 188 Å². The van der Waals surface area contributed by atoms with Gasteiger partial charge in [0.25, 0.3) is 0 Å². The molecule has 32 heavy (non-hydrogen) atoms. The molecule has 3 heterocycles. The average Bonchev–Trinajstić information content (AvgIpc) is 2.77. The minimum Gasteiger partial charge on any atom is -0.348 e. The Morgan fingerprint density at radius 1 is 1.12 bits per heavy atom. The summed E-state index contributed by atoms with van der Waals surface area (Å²) in [6.45, 7) is 4.43. The highest BCUT2D eigenvalue weighted by Gasteiger charge is 2.31. The molecule has 0 spiro atoms. The number of fused-ring (bicyclic) bond motifs is 1. The number of aromatic nitrogens is 2. The summed E-state index contributed by atoms with van der Waals surface area (Å²) in [6.07, 6.45) is 2.83. The molecule has 0 unspecified atom stereocenters. The van der Waals surface area contributed by atoms with Crippen LogP contribution in [0.3, 0.4) is 0 Å². The maximum absolute atomic E-state index is 13.3. The largest absolute Gasteiger partial charge is 0.348 e. The number of likely N-dealkylation sites (tertiary alicyclic amines) is 1. The molecule has 7 nitrogen and oxygen atoms in total. The molecule has 2 amide bonds. The first-order valence-electron chi connectivity index (χ1n) is 11.2. The molecule has 2 aromatic rings. The van der Waals surface area contributed by atoms with Gasteiger partial charge in [0.05, 0.1) is 13.1 Å². The van der Waals surface area contributed by atoms with Gasteiger partial charge in [0.2, 0.25) is 11.8 Å². The molecule has 1 aromatic heterocycles. The smallest absolute Gasteiger partial charge is 0.236 e. The molecule has 8 heteroatoms. The highest BCUT2D eigenvalue weighted by Crippen LogP contribution is 2.33. The van der Waals surface area contributed by atoms with Crippen molar-refractivity contribution in [2.24, 2.45) is 0 Å². The first-order chi connectivity index (χ1) is 15.3. The van der Waals surface area contributed by atoms with Gasteiger partial charge in [-0.3, -0.25) is 19.4 Å². The fraction of sp³-hybridized carbons (Fsp3) is 0.500. The summed E-state index contributed by atoms with van der Waals surface area (Å²) in [5.74, 6) is 1.52. The lowest BCUT2D eigenvalue weighted by Gasteiger charge is -2.33. The number of hydrogen-bond donors (Lipinski definition) is 0. The summed E-state index contributed by atoms with van der Waals surface area (Å²) < 4.78 is 13.3. The fourth-order valence-corrected chi connectivity index (χ4v) is 4.40. The summed E-state index contributed by atoms with van der Waals surface area (Å²) in [4.78, 5) is 40.0. The quantitative estimate of drug-likeness (QED) is 0.717. The van der Waals surface area contributed by atoms with Crippen LogP contribution in [0.15, 0.2) is 24.3 Å². The zero-order valence-electron chi connectivity index (χ0n) is 19.0. The Morgan fingerprint density at radius 3 is 2.47 bits per heavy atom. The summed E-state index contributed by atoms with van der Waals surface area (Å²) in [7, 11) is 3.55. The number of carbonyl (C=O) groups is 2. The van der Waals surface area contributed by atoms with Crippen molar-refractivity contribution in [2.45, 2.75) is 45.1 Å². The molecule has 1 saturated heterocycles. The molecule has 0 atom stereocenters. The monoisotopic (exact) mass is 439 g/mol. The van der Waals surface area contributed by atoms with Gasteiger partial charge in [0, 0.05) is 37.7 Å². The maximum atomic E-state index is 13.3. The number of hydrogen-bond acceptors (Lipinski definition) is 5. The second kappa shape index (κ2) is 9.32. The van der Waals surface area contributed by atoms with Crippen LogP contribution in [-0.4, -0.2) is 65.3 Å². The lowest BCUT2D eigenvalue weighted by Crippen LogP contribution is -2.41. The Bertz CT molecular complexity index is 1000. The third kappa shape index (κ3) is 4.80. The van der Waals surface area contributed by atoms with Crippen LogP contribution in [0, 0.1) is 12.7 Å². The van der Waals surface area contributed by atoms with Gasteiger partial charge in [-0.2, -0.15) is 0 Å². The molecule has 1 aromatic carbocycles. The number of halogens is 1. The van der Waals surface area contributed by atoms with E-state index in [0.29, 0.717) is 31.7 Å². The number of aryl methyl sites for hydroxylation is 1. The highest BCUT2D eigenvalue weighted by atomic mass is 19.1. The second-order valence-electron chi connectivity index (χ2n) is 8.91. The third-order valence-electron chi connectivity index (χ3n) is 6.42. The van der Waals surface area contributed by atoms with E-state index in [1.165, 1.54) is 12.1 Å². The Hall–Kier alpha value is -2.87. The lowest BCUT2D eigenvalue weighted by molar-refractivity contribution is -0.130. The predicted molar refractivity (Wildman–Crippen MR) is 120 cm³/mol. The topological polar surface area (TPSA) is 69.6 Å². The molecule has 0 saturated carbocycles. The van der Waals surface area contributed by atoms with Crippen LogP contribution in [0.1, 0.15) is 47.8 Å². The van der Waals surface area contributed by atoms with E-state index in [4.69, 9.17) is 9.97 Å². The van der Waals surface area contributed by atoms with Crippen molar-refractivity contribution in [3.63, 3.8) is 0 Å². The molecule has 170 valence electrons. The molecule has 1 fully saturated rings. The van der Waals surface area contributed by atoms with Crippen molar-refractivity contribution < 1.29 is 14.0 Å². The number of carbonyl (C=O) groups excluding carboxylic acids is 2. The first kappa shape index (κ1) is 22.3. The summed E-state index contributed by atoms with van der Waals surface area (Å²) in [5.41, 5.74) is 2.81. The van der Waals surface area contributed by atoms with Crippen LogP contribution in [0.25, 0.3) is 0 Å². The number of anilines is 1. The van der Waals surface area contributed by atoms with Gasteiger partial charge < -0.3 is 4.90 Å². The van der Waals surface area contributed by atoms with Crippen LogP contribution in [0.2, 0.25) is 0 Å². The number of piperidine rings is 1. The van der Waals surface area contributed by atoms with E-state index in [9.17, 15) is 14.0 Å². The molecule has 0 radical (unpaired) electrons. The molecular formula is C24H30FN5O2. The molecular weight excluding hydrogens is 409 g/mol. The van der Waals surface area contributed by atoms with Crippen LogP contribution in [0.5, 0.6) is 0 Å². The summed E-state index contributed by atoms with van der Waals surface area (Å²) >= 11 is 0. The lowest BCUT2D eigenvalue weighted by atomic mass is 9.94. The van der Waals surface area contributed by atoms with Gasteiger partial charge >= 0.3 is 0 Å². The Kier molecular flexibility index (Phi) is 6.50. The van der Waals surface area contributed by atoms with E-state index < -0.39 is 0 Å². The Balaban J connectivity index is 1.53. The van der Waals surface area contributed by atoms with Gasteiger partial charge in [0.15, 0.2) is 0 Å². The van der Waals surface area contributed by atoms with Crippen LogP contribution in [-0.2, 0) is 22.6 Å². The van der Waals surface area contributed by atoms with E-state index in [0.717, 1.165) is 48.6 Å². The van der Waals surface area contributed by atoms with E-state index in [2.05, 4.69) is 4.90 Å². The van der Waals surface area contributed by atoms with Crippen molar-refractivity contribution >= 4 is 17.6 Å². The van der Waals surface area contributed by atoms with Crippen LogP contribution in [0.4, 0.5) is 10.2 Å². The number of likely N-dealkylation sites (N-methyl/N-ethyl adjacent to an activating group) is 1. The van der Waals surface area contributed by atoms with E-state index in [1.54, 1.807) is 36.0 Å². The van der Waals surface area contributed by atoms with Gasteiger partial charge in [-0.15, -0.1) is 0 Å². The molecule has 0 aliphatic carbocycles. The highest BCUT2D eigenvalue weighted by molar-refractivity contribution is 5.95. The molecule has 2 aliphatic rings. The summed E-state index contributed by atoms with van der Waals surface area (Å²) in [6, 6.07) is 6.24. The maximum Gasteiger partial charge on any atom is 0.236 e. The number of amides is 2. The minimum atomic E-state index is -0.293. The van der Waals surface area contributed by atoms with E-state index in [1.807, 2.05) is 6.92 Å². The van der Waals surface area contributed by atoms with Gasteiger partial charge in [0.1, 0.15) is 17.5 Å². The summed E-state index contributed by atoms with van der Waals surface area (Å²) in [5, 5.41) is 0. The van der Waals surface area contributed by atoms with E-state index >= 15 is 0 Å². The van der Waals surface area contributed by atoms with Gasteiger partial charge in [-0.05, 0) is 57.0 Å². The predicted octanol–water partition coefficient (Wildman–Crippen LogP) is 2.67. The standard InChI is InChI=1S/C24H30FN5O2/c1-16-20-8-9-21(31)30(14-17-4-6-19(25)7-5-17)24(20)27-23(26-16)18-10-12-29(13-11-18)15-22(32)28(2)3/h4-7,18H,8-15H2,1-3H3. The van der Waals surface area contributed by atoms with Crippen molar-refractivity contribution in [1.82, 2.24) is 19.8 Å². The van der Waals surface area contributed by atoms with Crippen molar-refractivity contribution in [2.75, 3.05) is 38.6 Å². The van der Waals surface area contributed by atoms with Crippen LogP contribution >= 0.6 is 0 Å². The normalized spacial score (nSPS) is 17.4. The Morgan fingerprint density at radius 2 is 1.81 bits per heavy atom. The third-order valence-corrected chi connectivity index (χ3v) is 6.42. The number of benzene rings is 1. The number of nitrogens with zero attached hydrogens (tertiary/aromatic N) is 5. The molecule has 0 N–H and O–H groups in total. The first-order valence-corrected chi connectivity index (χ1v) is 11.2. The minimum absolute atomic E-state index is 0.0305. The van der Waals surface area contributed by atoms with Gasteiger partial charge in [-0.1, -0.05) is 12.1 Å². The molecule has 2 aliphatic heterocycles. The molecule has 4 rings (SSSR count). The second-order valence-corrected chi connectivity index (χ2v) is 8.91. The van der Waals surface area contributed by atoms with Crippen molar-refractivity contribution in [3.05, 3.63) is 52.7 Å². The zero-order chi connectivity index (χ0) is 22.8. The van der Waals surface area contributed by atoms with Crippen molar-refractivity contribution in [3.8, 4) is 0 Å². The SMILES string of the molecule is Cc1nc(C2CCN(CC(=O)N(C)C)CC2)nc2c1CCC(=O)N2Cc1ccc(F)cc1.